The Labute approximate surface area is 217 Å². The van der Waals surface area contributed by atoms with Crippen molar-refractivity contribution in [1.82, 2.24) is 4.72 Å². The van der Waals surface area contributed by atoms with E-state index in [4.69, 9.17) is 19.5 Å². The van der Waals surface area contributed by atoms with Crippen LogP contribution in [0.1, 0.15) is 18.1 Å². The van der Waals surface area contributed by atoms with Crippen LogP contribution < -0.4 is 14.2 Å². The van der Waals surface area contributed by atoms with Gasteiger partial charge in [0.05, 0.1) is 25.3 Å². The van der Waals surface area contributed by atoms with Crippen LogP contribution >= 0.6 is 0 Å². The number of hydrogen-bond acceptors (Lipinski definition) is 7. The van der Waals surface area contributed by atoms with Crippen molar-refractivity contribution in [2.24, 2.45) is 0 Å². The topological polar surface area (TPSA) is 115 Å². The van der Waals surface area contributed by atoms with E-state index in [-0.39, 0.29) is 52.7 Å². The molecule has 0 saturated heterocycles. The Bertz CT molecular complexity index is 1470. The van der Waals surface area contributed by atoms with Gasteiger partial charge in [-0.3, -0.25) is 0 Å². The third-order valence-electron chi connectivity index (χ3n) is 5.30. The molecule has 3 rings (SSSR count). The molecule has 0 amide bonds. The first-order valence-corrected chi connectivity index (χ1v) is 12.7. The molecule has 0 heterocycles. The van der Waals surface area contributed by atoms with Gasteiger partial charge in [0.25, 0.3) is 0 Å². The molecular formula is C26H23F3N2O6S. The minimum atomic E-state index is -4.08. The summed E-state index contributed by atoms with van der Waals surface area (Å²) in [5, 5.41) is 9.11. The molecule has 0 bridgehead atoms. The van der Waals surface area contributed by atoms with Crippen LogP contribution in [0.25, 0.3) is 11.1 Å². The molecule has 0 aliphatic heterocycles. The molecule has 0 spiro atoms. The van der Waals surface area contributed by atoms with Gasteiger partial charge in [-0.05, 0) is 66.4 Å². The lowest BCUT2D eigenvalue weighted by atomic mass is 10.0. The first kappa shape index (κ1) is 28.5. The molecule has 0 aliphatic carbocycles. The Balaban J connectivity index is 1.86. The second kappa shape index (κ2) is 12.4. The van der Waals surface area contributed by atoms with Crippen LogP contribution in [0.3, 0.4) is 0 Å². The molecule has 0 unspecified atom stereocenters. The molecule has 1 N–H and O–H groups in total. The fourth-order valence-electron chi connectivity index (χ4n) is 3.49. The highest BCUT2D eigenvalue weighted by molar-refractivity contribution is 7.89. The summed E-state index contributed by atoms with van der Waals surface area (Å²) in [7, 11) is -2.78. The van der Waals surface area contributed by atoms with E-state index in [0.717, 1.165) is 12.1 Å². The fourth-order valence-corrected chi connectivity index (χ4v) is 4.72. The first-order chi connectivity index (χ1) is 18.1. The number of nitrogens with zero attached hydrogens (tertiary/aromatic N) is 1. The summed E-state index contributed by atoms with van der Waals surface area (Å²) >= 11 is 0. The van der Waals surface area contributed by atoms with E-state index in [9.17, 15) is 26.4 Å². The number of nitriles is 1. The van der Waals surface area contributed by atoms with E-state index < -0.39 is 40.1 Å². The van der Waals surface area contributed by atoms with Gasteiger partial charge in [0.1, 0.15) is 16.4 Å². The van der Waals surface area contributed by atoms with E-state index in [1.54, 1.807) is 6.92 Å². The van der Waals surface area contributed by atoms with Crippen LogP contribution in [0.15, 0.2) is 53.4 Å². The molecule has 0 aromatic heterocycles. The standard InChI is InChI=1S/C26H23F3N2O6S/c1-3-36-25(32)15-37-23-13-18(19-11-20(27)26(29)21(28)12-19)6-5-17(23)8-9-31-38(33,34)24-10-16(14-30)4-7-22(24)35-2/h4-7,10-13,31H,3,8-9,15H2,1-2H3. The summed E-state index contributed by atoms with van der Waals surface area (Å²) in [5.74, 6) is -4.82. The SMILES string of the molecule is CCOC(=O)COc1cc(-c2cc(F)c(F)c(F)c2)ccc1CCNS(=O)(=O)c1cc(C#N)ccc1OC. The largest absolute Gasteiger partial charge is 0.495 e. The zero-order valence-electron chi connectivity index (χ0n) is 20.4. The lowest BCUT2D eigenvalue weighted by Crippen LogP contribution is -2.26. The summed E-state index contributed by atoms with van der Waals surface area (Å²) < 4.78 is 84.6. The Morgan fingerprint density at radius 2 is 1.71 bits per heavy atom. The minimum Gasteiger partial charge on any atom is -0.495 e. The summed E-state index contributed by atoms with van der Waals surface area (Å²) in [6.07, 6.45) is 0.0874. The van der Waals surface area contributed by atoms with E-state index in [2.05, 4.69) is 4.72 Å². The highest BCUT2D eigenvalue weighted by Crippen LogP contribution is 2.30. The average Bonchev–Trinajstić information content (AvgIpc) is 2.90. The van der Waals surface area contributed by atoms with Crippen molar-refractivity contribution in [3.05, 3.63) is 77.1 Å². The van der Waals surface area contributed by atoms with Crippen LogP contribution in [-0.4, -0.2) is 41.3 Å². The fraction of sp³-hybridized carbons (Fsp3) is 0.231. The quantitative estimate of drug-likeness (QED) is 0.283. The van der Waals surface area contributed by atoms with Gasteiger partial charge >= 0.3 is 5.97 Å². The van der Waals surface area contributed by atoms with Gasteiger partial charge in [-0.25, -0.2) is 31.1 Å². The Morgan fingerprint density at radius 3 is 2.34 bits per heavy atom. The number of ether oxygens (including phenoxy) is 3. The third kappa shape index (κ3) is 6.81. The van der Waals surface area contributed by atoms with Gasteiger partial charge in [-0.2, -0.15) is 5.26 Å². The number of benzene rings is 3. The molecule has 38 heavy (non-hydrogen) atoms. The number of sulfonamides is 1. The number of carbonyl (C=O) groups excluding carboxylic acids is 1. The molecule has 0 aliphatic rings. The molecule has 0 saturated carbocycles. The predicted molar refractivity (Wildman–Crippen MR) is 130 cm³/mol. The first-order valence-electron chi connectivity index (χ1n) is 11.2. The van der Waals surface area contributed by atoms with E-state index >= 15 is 0 Å². The van der Waals surface area contributed by atoms with Crippen molar-refractivity contribution < 1.29 is 40.6 Å². The molecule has 12 heteroatoms. The van der Waals surface area contributed by atoms with Gasteiger partial charge in [-0.15, -0.1) is 0 Å². The zero-order chi connectivity index (χ0) is 27.9. The number of nitrogens with one attached hydrogen (secondary N) is 1. The minimum absolute atomic E-state index is 0.0270. The summed E-state index contributed by atoms with van der Waals surface area (Å²) in [5.41, 5.74) is 0.884. The van der Waals surface area contributed by atoms with Crippen LogP contribution in [0, 0.1) is 28.8 Å². The lowest BCUT2D eigenvalue weighted by Gasteiger charge is -2.15. The van der Waals surface area contributed by atoms with Gasteiger partial charge in [-0.1, -0.05) is 12.1 Å². The number of carbonyl (C=O) groups is 1. The number of methoxy groups -OCH3 is 1. The van der Waals surface area contributed by atoms with Crippen molar-refractivity contribution in [3.63, 3.8) is 0 Å². The van der Waals surface area contributed by atoms with Crippen LogP contribution in [0.2, 0.25) is 0 Å². The molecular weight excluding hydrogens is 525 g/mol. The second-order valence-electron chi connectivity index (χ2n) is 7.80. The van der Waals surface area contributed by atoms with Crippen molar-refractivity contribution in [2.75, 3.05) is 26.9 Å². The summed E-state index contributed by atoms with van der Waals surface area (Å²) in [4.78, 5) is 11.6. The maximum atomic E-state index is 13.8. The van der Waals surface area contributed by atoms with Crippen LogP contribution in [0.5, 0.6) is 11.5 Å². The van der Waals surface area contributed by atoms with Gasteiger partial charge in [0.2, 0.25) is 10.0 Å². The van der Waals surface area contributed by atoms with Crippen LogP contribution in [-0.2, 0) is 26.0 Å². The normalized spacial score (nSPS) is 11.1. The highest BCUT2D eigenvalue weighted by atomic mass is 32.2. The number of rotatable bonds is 11. The molecule has 0 atom stereocenters. The Kier molecular flexibility index (Phi) is 9.33. The van der Waals surface area contributed by atoms with Crippen molar-refractivity contribution in [3.8, 4) is 28.7 Å². The number of halogens is 3. The number of esters is 1. The smallest absolute Gasteiger partial charge is 0.344 e. The summed E-state index contributed by atoms with van der Waals surface area (Å²) in [6, 6.07) is 11.9. The van der Waals surface area contributed by atoms with Crippen molar-refractivity contribution in [1.29, 1.82) is 5.26 Å². The number of hydrogen-bond donors (Lipinski definition) is 1. The van der Waals surface area contributed by atoms with Crippen molar-refractivity contribution in [2.45, 2.75) is 18.2 Å². The van der Waals surface area contributed by atoms with E-state index in [0.29, 0.717) is 5.56 Å². The highest BCUT2D eigenvalue weighted by Gasteiger charge is 2.21. The molecule has 8 nitrogen and oxygen atoms in total. The molecule has 0 radical (unpaired) electrons. The maximum Gasteiger partial charge on any atom is 0.344 e. The third-order valence-corrected chi connectivity index (χ3v) is 6.79. The van der Waals surface area contributed by atoms with E-state index in [1.807, 2.05) is 6.07 Å². The lowest BCUT2D eigenvalue weighted by molar-refractivity contribution is -0.145. The van der Waals surface area contributed by atoms with Crippen molar-refractivity contribution >= 4 is 16.0 Å². The second-order valence-corrected chi connectivity index (χ2v) is 9.53. The molecule has 3 aromatic rings. The predicted octanol–water partition coefficient (Wildman–Crippen LogP) is 4.11. The van der Waals surface area contributed by atoms with Gasteiger partial charge in [0, 0.05) is 6.54 Å². The molecule has 3 aromatic carbocycles. The van der Waals surface area contributed by atoms with Gasteiger partial charge < -0.3 is 14.2 Å². The Hall–Kier alpha value is -4.08. The Morgan fingerprint density at radius 1 is 1.00 bits per heavy atom. The zero-order valence-corrected chi connectivity index (χ0v) is 21.2. The maximum absolute atomic E-state index is 13.8. The monoisotopic (exact) mass is 548 g/mol. The van der Waals surface area contributed by atoms with E-state index in [1.165, 1.54) is 43.5 Å². The van der Waals surface area contributed by atoms with Crippen LogP contribution in [0.4, 0.5) is 13.2 Å². The van der Waals surface area contributed by atoms with Gasteiger partial charge in [0.15, 0.2) is 24.1 Å². The molecule has 200 valence electrons. The summed E-state index contributed by atoms with van der Waals surface area (Å²) in [6.45, 7) is 1.16. The molecule has 0 fully saturated rings. The average molecular weight is 549 g/mol.